The number of hydrogen-bond acceptors (Lipinski definition) is 3. The first-order valence-corrected chi connectivity index (χ1v) is 7.80. The van der Waals surface area contributed by atoms with Gasteiger partial charge in [0.1, 0.15) is 5.75 Å². The summed E-state index contributed by atoms with van der Waals surface area (Å²) in [7, 11) is 0. The van der Waals surface area contributed by atoms with Gasteiger partial charge in [-0.15, -0.1) is 0 Å². The third kappa shape index (κ3) is 5.41. The number of hydrogen-bond donors (Lipinski definition) is 2. The number of halogens is 1. The van der Waals surface area contributed by atoms with Gasteiger partial charge in [-0.2, -0.15) is 0 Å². The molecule has 0 heterocycles. The van der Waals surface area contributed by atoms with Crippen LogP contribution >= 0.6 is 15.9 Å². The Bertz CT molecular complexity index is 714. The van der Waals surface area contributed by atoms with Gasteiger partial charge in [-0.3, -0.25) is 9.59 Å². The van der Waals surface area contributed by atoms with Crippen LogP contribution in [0.2, 0.25) is 0 Å². The molecule has 0 aliphatic heterocycles. The second-order valence-corrected chi connectivity index (χ2v) is 5.88. The number of ether oxygens (including phenoxy) is 1. The minimum Gasteiger partial charge on any atom is -0.483 e. The molecule has 5 nitrogen and oxygen atoms in total. The minimum absolute atomic E-state index is 0.0882. The van der Waals surface area contributed by atoms with Gasteiger partial charge >= 0.3 is 0 Å². The van der Waals surface area contributed by atoms with E-state index in [1.54, 1.807) is 24.3 Å². The Morgan fingerprint density at radius 1 is 1.04 bits per heavy atom. The summed E-state index contributed by atoms with van der Waals surface area (Å²) in [6, 6.07) is 12.5. The zero-order chi connectivity index (χ0) is 16.8. The molecule has 0 unspecified atom stereocenters. The predicted octanol–water partition coefficient (Wildman–Crippen LogP) is 3.73. The fraction of sp³-hybridized carbons (Fsp3) is 0.176. The fourth-order valence-corrected chi connectivity index (χ4v) is 2.51. The van der Waals surface area contributed by atoms with Crippen molar-refractivity contribution < 1.29 is 14.3 Å². The van der Waals surface area contributed by atoms with Crippen LogP contribution in [-0.2, 0) is 9.59 Å². The van der Waals surface area contributed by atoms with Crippen LogP contribution in [0.15, 0.2) is 46.9 Å². The first kappa shape index (κ1) is 17.0. The van der Waals surface area contributed by atoms with Crippen molar-refractivity contribution in [3.05, 3.63) is 52.5 Å². The Hall–Kier alpha value is -2.34. The van der Waals surface area contributed by atoms with Crippen LogP contribution in [0, 0.1) is 6.92 Å². The lowest BCUT2D eigenvalue weighted by Crippen LogP contribution is -2.20. The van der Waals surface area contributed by atoms with E-state index >= 15 is 0 Å². The van der Waals surface area contributed by atoms with E-state index in [9.17, 15) is 9.59 Å². The topological polar surface area (TPSA) is 67.4 Å². The maximum atomic E-state index is 11.9. The molecule has 0 spiro atoms. The summed E-state index contributed by atoms with van der Waals surface area (Å²) >= 11 is 3.40. The first-order chi connectivity index (χ1) is 10.9. The van der Waals surface area contributed by atoms with E-state index in [4.69, 9.17) is 4.74 Å². The predicted molar refractivity (Wildman–Crippen MR) is 93.7 cm³/mol. The zero-order valence-corrected chi connectivity index (χ0v) is 14.4. The average molecular weight is 377 g/mol. The maximum Gasteiger partial charge on any atom is 0.262 e. The van der Waals surface area contributed by atoms with E-state index in [0.717, 1.165) is 10.0 Å². The molecule has 0 fully saturated rings. The fourth-order valence-electron chi connectivity index (χ4n) is 1.90. The van der Waals surface area contributed by atoms with Gasteiger partial charge in [0.25, 0.3) is 5.91 Å². The van der Waals surface area contributed by atoms with Crippen molar-refractivity contribution in [1.82, 2.24) is 0 Å². The highest BCUT2D eigenvalue weighted by Crippen LogP contribution is 2.25. The highest BCUT2D eigenvalue weighted by atomic mass is 79.9. The number of nitrogens with one attached hydrogen (secondary N) is 2. The summed E-state index contributed by atoms with van der Waals surface area (Å²) < 4.78 is 6.30. The standard InChI is InChI=1S/C17H17BrN2O3/c1-11-3-8-16(15(18)9-11)23-10-17(22)20-14-6-4-13(5-7-14)19-12(2)21/h3-9H,10H2,1-2H3,(H,19,21)(H,20,22). The van der Waals surface area contributed by atoms with Crippen LogP contribution in [-0.4, -0.2) is 18.4 Å². The quantitative estimate of drug-likeness (QED) is 0.835. The third-order valence-electron chi connectivity index (χ3n) is 2.94. The van der Waals surface area contributed by atoms with E-state index in [1.807, 2.05) is 25.1 Å². The van der Waals surface area contributed by atoms with Gasteiger partial charge in [-0.25, -0.2) is 0 Å². The largest absolute Gasteiger partial charge is 0.483 e. The highest BCUT2D eigenvalue weighted by molar-refractivity contribution is 9.10. The second-order valence-electron chi connectivity index (χ2n) is 5.03. The second kappa shape index (κ2) is 7.78. The third-order valence-corrected chi connectivity index (χ3v) is 3.55. The summed E-state index contributed by atoms with van der Waals surface area (Å²) in [5.41, 5.74) is 2.42. The number of carbonyl (C=O) groups excluding carboxylic acids is 2. The van der Waals surface area contributed by atoms with Crippen LogP contribution < -0.4 is 15.4 Å². The van der Waals surface area contributed by atoms with E-state index in [0.29, 0.717) is 17.1 Å². The summed E-state index contributed by atoms with van der Waals surface area (Å²) in [4.78, 5) is 22.8. The van der Waals surface area contributed by atoms with Crippen molar-refractivity contribution in [2.75, 3.05) is 17.2 Å². The Morgan fingerprint density at radius 2 is 1.65 bits per heavy atom. The molecule has 0 aromatic heterocycles. The lowest BCUT2D eigenvalue weighted by Gasteiger charge is -2.10. The highest BCUT2D eigenvalue weighted by Gasteiger charge is 2.06. The van der Waals surface area contributed by atoms with Gasteiger partial charge in [0.15, 0.2) is 6.61 Å². The van der Waals surface area contributed by atoms with Crippen molar-refractivity contribution in [2.24, 2.45) is 0 Å². The number of benzene rings is 2. The molecule has 0 aliphatic rings. The van der Waals surface area contributed by atoms with Crippen molar-refractivity contribution in [3.8, 4) is 5.75 Å². The molecule has 0 radical (unpaired) electrons. The molecule has 0 saturated heterocycles. The molecule has 2 rings (SSSR count). The smallest absolute Gasteiger partial charge is 0.262 e. The summed E-state index contributed by atoms with van der Waals surface area (Å²) in [5.74, 6) is 0.218. The van der Waals surface area contributed by atoms with E-state index < -0.39 is 0 Å². The van der Waals surface area contributed by atoms with Gasteiger partial charge in [-0.1, -0.05) is 6.07 Å². The normalized spacial score (nSPS) is 10.0. The lowest BCUT2D eigenvalue weighted by atomic mass is 10.2. The van der Waals surface area contributed by atoms with Crippen LogP contribution in [0.3, 0.4) is 0 Å². The molecule has 23 heavy (non-hydrogen) atoms. The maximum absolute atomic E-state index is 11.9. The summed E-state index contributed by atoms with van der Waals surface area (Å²) in [6.45, 7) is 3.33. The molecule has 120 valence electrons. The van der Waals surface area contributed by atoms with Crippen molar-refractivity contribution in [3.63, 3.8) is 0 Å². The number of anilines is 2. The molecule has 2 aromatic rings. The SMILES string of the molecule is CC(=O)Nc1ccc(NC(=O)COc2ccc(C)cc2Br)cc1. The van der Waals surface area contributed by atoms with Crippen molar-refractivity contribution >= 4 is 39.1 Å². The van der Waals surface area contributed by atoms with Gasteiger partial charge in [0, 0.05) is 18.3 Å². The lowest BCUT2D eigenvalue weighted by molar-refractivity contribution is -0.118. The van der Waals surface area contributed by atoms with E-state index in [-0.39, 0.29) is 18.4 Å². The molecule has 2 N–H and O–H groups in total. The number of aryl methyl sites for hydroxylation is 1. The molecular weight excluding hydrogens is 360 g/mol. The minimum atomic E-state index is -0.259. The Balaban J connectivity index is 1.88. The monoisotopic (exact) mass is 376 g/mol. The first-order valence-electron chi connectivity index (χ1n) is 7.00. The van der Waals surface area contributed by atoms with Crippen molar-refractivity contribution in [1.29, 1.82) is 0 Å². The molecule has 0 atom stereocenters. The molecule has 2 aromatic carbocycles. The van der Waals surface area contributed by atoms with Gasteiger partial charge in [0.2, 0.25) is 5.91 Å². The molecule has 0 saturated carbocycles. The number of rotatable bonds is 5. The zero-order valence-electron chi connectivity index (χ0n) is 12.9. The molecule has 0 aliphatic carbocycles. The van der Waals surface area contributed by atoms with Gasteiger partial charge in [-0.05, 0) is 64.8 Å². The summed E-state index contributed by atoms with van der Waals surface area (Å²) in [6.07, 6.45) is 0. The Morgan fingerprint density at radius 3 is 2.22 bits per heavy atom. The van der Waals surface area contributed by atoms with Gasteiger partial charge < -0.3 is 15.4 Å². The molecule has 6 heteroatoms. The molecule has 0 bridgehead atoms. The van der Waals surface area contributed by atoms with Crippen LogP contribution in [0.4, 0.5) is 11.4 Å². The Kier molecular flexibility index (Phi) is 5.76. The van der Waals surface area contributed by atoms with Crippen LogP contribution in [0.1, 0.15) is 12.5 Å². The van der Waals surface area contributed by atoms with Crippen LogP contribution in [0.5, 0.6) is 5.75 Å². The Labute approximate surface area is 143 Å². The number of amides is 2. The van der Waals surface area contributed by atoms with E-state index in [2.05, 4.69) is 26.6 Å². The molecule has 2 amide bonds. The van der Waals surface area contributed by atoms with Gasteiger partial charge in [0.05, 0.1) is 4.47 Å². The average Bonchev–Trinajstić information content (AvgIpc) is 2.48. The van der Waals surface area contributed by atoms with E-state index in [1.165, 1.54) is 6.92 Å². The molecular formula is C17H17BrN2O3. The number of carbonyl (C=O) groups is 2. The summed E-state index contributed by atoms with van der Waals surface area (Å²) in [5, 5.41) is 5.39. The van der Waals surface area contributed by atoms with Crippen LogP contribution in [0.25, 0.3) is 0 Å². The van der Waals surface area contributed by atoms with Crippen molar-refractivity contribution in [2.45, 2.75) is 13.8 Å².